The van der Waals surface area contributed by atoms with Crippen molar-refractivity contribution >= 4 is 63.9 Å². The molecule has 0 aliphatic carbocycles. The number of aryl methyl sites for hydroxylation is 1. The van der Waals surface area contributed by atoms with Crippen molar-refractivity contribution in [2.24, 2.45) is 0 Å². The SMILES string of the molecule is CSCCC(NC(=O)CCN1C(=O)/C(=C\c2ccc(C)cc2)SC1=S)C(=O)O. The molecular formula is C19H22N2O4S3. The van der Waals surface area contributed by atoms with Crippen LogP contribution in [0, 0.1) is 6.92 Å². The first-order valence-electron chi connectivity index (χ1n) is 8.65. The molecule has 1 atom stereocenters. The predicted octanol–water partition coefficient (Wildman–Crippen LogP) is 2.91. The topological polar surface area (TPSA) is 86.7 Å². The normalized spacial score (nSPS) is 16.5. The van der Waals surface area contributed by atoms with Crippen LogP contribution >= 0.6 is 35.7 Å². The van der Waals surface area contributed by atoms with E-state index < -0.39 is 17.9 Å². The molecule has 0 saturated carbocycles. The summed E-state index contributed by atoms with van der Waals surface area (Å²) in [4.78, 5) is 37.8. The Bertz CT molecular complexity index is 793. The molecule has 1 unspecified atom stereocenters. The molecule has 0 bridgehead atoms. The molecule has 6 nitrogen and oxygen atoms in total. The first kappa shape index (κ1) is 22.4. The number of thiocarbonyl (C=S) groups is 1. The van der Waals surface area contributed by atoms with E-state index in [1.54, 1.807) is 6.08 Å². The molecule has 1 aliphatic rings. The molecule has 1 aromatic carbocycles. The van der Waals surface area contributed by atoms with Crippen LogP contribution in [0.3, 0.4) is 0 Å². The minimum atomic E-state index is -1.06. The van der Waals surface area contributed by atoms with E-state index in [0.29, 0.717) is 21.4 Å². The molecule has 1 fully saturated rings. The summed E-state index contributed by atoms with van der Waals surface area (Å²) in [5, 5.41) is 11.7. The zero-order valence-corrected chi connectivity index (χ0v) is 18.1. The Labute approximate surface area is 178 Å². The summed E-state index contributed by atoms with van der Waals surface area (Å²) in [7, 11) is 0. The maximum absolute atomic E-state index is 12.6. The summed E-state index contributed by atoms with van der Waals surface area (Å²) in [6, 6.07) is 6.86. The van der Waals surface area contributed by atoms with E-state index in [1.807, 2.05) is 37.4 Å². The number of nitrogens with zero attached hydrogens (tertiary/aromatic N) is 1. The number of rotatable bonds is 9. The Hall–Kier alpha value is -1.84. The Morgan fingerprint density at radius 1 is 1.36 bits per heavy atom. The third-order valence-corrected chi connectivity index (χ3v) is 6.08. The minimum absolute atomic E-state index is 0.00665. The first-order valence-corrected chi connectivity index (χ1v) is 11.3. The zero-order chi connectivity index (χ0) is 20.7. The molecule has 1 saturated heterocycles. The van der Waals surface area contributed by atoms with Gasteiger partial charge in [0.25, 0.3) is 5.91 Å². The fourth-order valence-corrected chi connectivity index (χ4v) is 4.26. The summed E-state index contributed by atoms with van der Waals surface area (Å²) < 4.78 is 0.397. The highest BCUT2D eigenvalue weighted by Gasteiger charge is 2.32. The monoisotopic (exact) mass is 438 g/mol. The summed E-state index contributed by atoms with van der Waals surface area (Å²) >= 11 is 7.99. The van der Waals surface area contributed by atoms with Gasteiger partial charge in [-0.25, -0.2) is 4.79 Å². The van der Waals surface area contributed by atoms with Gasteiger partial charge in [-0.1, -0.05) is 53.8 Å². The van der Waals surface area contributed by atoms with Crippen LogP contribution in [0.15, 0.2) is 29.2 Å². The van der Waals surface area contributed by atoms with Gasteiger partial charge in [0.05, 0.1) is 4.91 Å². The minimum Gasteiger partial charge on any atom is -0.480 e. The second-order valence-electron chi connectivity index (χ2n) is 6.23. The van der Waals surface area contributed by atoms with Crippen LogP contribution in [0.4, 0.5) is 0 Å². The predicted molar refractivity (Wildman–Crippen MR) is 118 cm³/mol. The number of nitrogens with one attached hydrogen (secondary N) is 1. The largest absolute Gasteiger partial charge is 0.480 e. The molecule has 1 heterocycles. The molecular weight excluding hydrogens is 416 g/mol. The average Bonchev–Trinajstić information content (AvgIpc) is 2.91. The van der Waals surface area contributed by atoms with Crippen molar-refractivity contribution < 1.29 is 19.5 Å². The fraction of sp³-hybridized carbons (Fsp3) is 0.368. The molecule has 28 heavy (non-hydrogen) atoms. The van der Waals surface area contributed by atoms with Gasteiger partial charge in [-0.3, -0.25) is 14.5 Å². The summed E-state index contributed by atoms with van der Waals surface area (Å²) in [6.45, 7) is 2.11. The molecule has 1 aromatic rings. The lowest BCUT2D eigenvalue weighted by Gasteiger charge is -2.17. The van der Waals surface area contributed by atoms with Gasteiger partial charge in [-0.05, 0) is 37.0 Å². The van der Waals surface area contributed by atoms with Gasteiger partial charge in [-0.15, -0.1) is 0 Å². The van der Waals surface area contributed by atoms with Gasteiger partial charge >= 0.3 is 5.97 Å². The molecule has 0 aromatic heterocycles. The van der Waals surface area contributed by atoms with E-state index >= 15 is 0 Å². The third kappa shape index (κ3) is 6.35. The number of benzene rings is 1. The van der Waals surface area contributed by atoms with E-state index in [9.17, 15) is 19.5 Å². The lowest BCUT2D eigenvalue weighted by molar-refractivity contribution is -0.142. The summed E-state index contributed by atoms with van der Waals surface area (Å²) in [5.41, 5.74) is 2.04. The Morgan fingerprint density at radius 2 is 2.04 bits per heavy atom. The van der Waals surface area contributed by atoms with Crippen molar-refractivity contribution in [2.75, 3.05) is 18.6 Å². The summed E-state index contributed by atoms with van der Waals surface area (Å²) in [5.74, 6) is -1.07. The second kappa shape index (κ2) is 10.6. The lowest BCUT2D eigenvalue weighted by Crippen LogP contribution is -2.42. The number of carboxylic acids is 1. The number of thioether (sulfide) groups is 2. The van der Waals surface area contributed by atoms with Crippen molar-refractivity contribution in [3.05, 3.63) is 40.3 Å². The second-order valence-corrected chi connectivity index (χ2v) is 8.90. The Balaban J connectivity index is 1.94. The smallest absolute Gasteiger partial charge is 0.326 e. The molecule has 150 valence electrons. The van der Waals surface area contributed by atoms with Crippen LogP contribution in [0.5, 0.6) is 0 Å². The number of amides is 2. The van der Waals surface area contributed by atoms with Gasteiger partial charge in [0.1, 0.15) is 10.4 Å². The van der Waals surface area contributed by atoms with E-state index in [0.717, 1.165) is 11.1 Å². The van der Waals surface area contributed by atoms with Crippen LogP contribution in [0.25, 0.3) is 6.08 Å². The highest BCUT2D eigenvalue weighted by Crippen LogP contribution is 2.32. The highest BCUT2D eigenvalue weighted by molar-refractivity contribution is 8.26. The average molecular weight is 439 g/mol. The van der Waals surface area contributed by atoms with Crippen molar-refractivity contribution in [1.82, 2.24) is 10.2 Å². The van der Waals surface area contributed by atoms with Crippen molar-refractivity contribution in [2.45, 2.75) is 25.8 Å². The number of hydrogen-bond donors (Lipinski definition) is 2. The van der Waals surface area contributed by atoms with Gasteiger partial charge in [0.2, 0.25) is 5.91 Å². The molecule has 2 rings (SSSR count). The number of aliphatic carboxylic acids is 1. The number of hydrogen-bond acceptors (Lipinski definition) is 6. The van der Waals surface area contributed by atoms with Gasteiger partial charge < -0.3 is 10.4 Å². The van der Waals surface area contributed by atoms with E-state index in [-0.39, 0.29) is 18.9 Å². The van der Waals surface area contributed by atoms with Crippen molar-refractivity contribution in [3.8, 4) is 0 Å². The summed E-state index contributed by atoms with van der Waals surface area (Å²) in [6.07, 6.45) is 4.00. The maximum Gasteiger partial charge on any atom is 0.326 e. The van der Waals surface area contributed by atoms with Gasteiger partial charge in [0, 0.05) is 13.0 Å². The van der Waals surface area contributed by atoms with Crippen molar-refractivity contribution in [1.29, 1.82) is 0 Å². The zero-order valence-electron chi connectivity index (χ0n) is 15.6. The van der Waals surface area contributed by atoms with E-state index in [2.05, 4.69) is 5.32 Å². The van der Waals surface area contributed by atoms with E-state index in [4.69, 9.17) is 12.2 Å². The molecule has 0 spiro atoms. The van der Waals surface area contributed by atoms with Crippen LogP contribution in [-0.2, 0) is 14.4 Å². The Morgan fingerprint density at radius 3 is 2.64 bits per heavy atom. The molecule has 1 aliphatic heterocycles. The van der Waals surface area contributed by atoms with Gasteiger partial charge in [-0.2, -0.15) is 11.8 Å². The number of carboxylic acid groups (broad SMARTS) is 1. The fourth-order valence-electron chi connectivity index (χ4n) is 2.48. The van der Waals surface area contributed by atoms with Gasteiger partial charge in [0.15, 0.2) is 0 Å². The van der Waals surface area contributed by atoms with Crippen LogP contribution in [0.2, 0.25) is 0 Å². The molecule has 2 N–H and O–H groups in total. The lowest BCUT2D eigenvalue weighted by atomic mass is 10.1. The Kier molecular flexibility index (Phi) is 8.53. The first-order chi connectivity index (χ1) is 13.3. The third-order valence-electron chi connectivity index (χ3n) is 4.06. The molecule has 0 radical (unpaired) electrons. The quantitative estimate of drug-likeness (QED) is 0.453. The number of carbonyl (C=O) groups is 3. The highest BCUT2D eigenvalue weighted by atomic mass is 32.2. The van der Waals surface area contributed by atoms with E-state index in [1.165, 1.54) is 28.4 Å². The van der Waals surface area contributed by atoms with Crippen LogP contribution in [0.1, 0.15) is 24.0 Å². The van der Waals surface area contributed by atoms with Crippen LogP contribution in [-0.4, -0.2) is 56.7 Å². The number of carbonyl (C=O) groups excluding carboxylic acids is 2. The van der Waals surface area contributed by atoms with Crippen molar-refractivity contribution in [3.63, 3.8) is 0 Å². The molecule has 2 amide bonds. The standard InChI is InChI=1S/C19H22N2O4S3/c1-12-3-5-13(6-4-12)11-15-17(23)21(19(26)28-15)9-7-16(22)20-14(18(24)25)8-10-27-2/h3-6,11,14H,7-10H2,1-2H3,(H,20,22)(H,24,25)/b15-11+. The maximum atomic E-state index is 12.6. The molecule has 9 heteroatoms. The van der Waals surface area contributed by atoms with Crippen LogP contribution < -0.4 is 5.32 Å².